The zero-order valence-electron chi connectivity index (χ0n) is 10.9. The molecule has 2 rings (SSSR count). The van der Waals surface area contributed by atoms with Gasteiger partial charge in [0.25, 0.3) is 0 Å². The first kappa shape index (κ1) is 12.8. The summed E-state index contributed by atoms with van der Waals surface area (Å²) in [6, 6.07) is 0. The van der Waals surface area contributed by atoms with Crippen molar-refractivity contribution in [2.75, 3.05) is 18.0 Å². The van der Waals surface area contributed by atoms with E-state index in [-0.39, 0.29) is 0 Å². The van der Waals surface area contributed by atoms with Gasteiger partial charge in [0.1, 0.15) is 0 Å². The SMILES string of the molecule is CC(C)Cc1nc(N2CCCCC2)sc1CN. The highest BCUT2D eigenvalue weighted by molar-refractivity contribution is 7.15. The van der Waals surface area contributed by atoms with Gasteiger partial charge in [-0.05, 0) is 31.6 Å². The predicted octanol–water partition coefficient (Wildman–Crippen LogP) is 2.79. The lowest BCUT2D eigenvalue weighted by molar-refractivity contribution is 0.575. The number of nitrogens with two attached hydrogens (primary N) is 1. The van der Waals surface area contributed by atoms with Gasteiger partial charge in [-0.2, -0.15) is 0 Å². The molecule has 1 fully saturated rings. The van der Waals surface area contributed by atoms with Crippen LogP contribution in [0.1, 0.15) is 43.7 Å². The first-order chi connectivity index (χ1) is 8.20. The second-order valence-corrected chi connectivity index (χ2v) is 6.28. The third-order valence-corrected chi connectivity index (χ3v) is 4.36. The Bertz CT molecular complexity index is 354. The average Bonchev–Trinajstić information content (AvgIpc) is 2.72. The number of nitrogens with zero attached hydrogens (tertiary/aromatic N) is 2. The monoisotopic (exact) mass is 253 g/mol. The van der Waals surface area contributed by atoms with Gasteiger partial charge in [-0.15, -0.1) is 11.3 Å². The fraction of sp³-hybridized carbons (Fsp3) is 0.769. The molecule has 4 heteroatoms. The maximum Gasteiger partial charge on any atom is 0.185 e. The Labute approximate surface area is 108 Å². The van der Waals surface area contributed by atoms with Crippen LogP contribution in [-0.2, 0) is 13.0 Å². The summed E-state index contributed by atoms with van der Waals surface area (Å²) in [5, 5.41) is 1.20. The molecule has 0 amide bonds. The Morgan fingerprint density at radius 2 is 2.00 bits per heavy atom. The Hall–Kier alpha value is -0.610. The summed E-state index contributed by atoms with van der Waals surface area (Å²) in [6.45, 7) is 7.44. The normalized spacial score (nSPS) is 16.8. The highest BCUT2D eigenvalue weighted by Gasteiger charge is 2.17. The zero-order chi connectivity index (χ0) is 12.3. The molecule has 1 aromatic heterocycles. The molecule has 3 nitrogen and oxygen atoms in total. The van der Waals surface area contributed by atoms with Gasteiger partial charge in [0.05, 0.1) is 5.69 Å². The first-order valence-corrected chi connectivity index (χ1v) is 7.46. The number of hydrogen-bond donors (Lipinski definition) is 1. The van der Waals surface area contributed by atoms with Crippen LogP contribution in [0.2, 0.25) is 0 Å². The number of piperidine rings is 1. The van der Waals surface area contributed by atoms with E-state index in [0.29, 0.717) is 12.5 Å². The number of anilines is 1. The molecule has 1 aliphatic rings. The van der Waals surface area contributed by atoms with Crippen LogP contribution in [-0.4, -0.2) is 18.1 Å². The summed E-state index contributed by atoms with van der Waals surface area (Å²) in [5.41, 5.74) is 7.05. The molecule has 0 spiro atoms. The van der Waals surface area contributed by atoms with Crippen molar-refractivity contribution in [1.29, 1.82) is 0 Å². The quantitative estimate of drug-likeness (QED) is 0.897. The minimum absolute atomic E-state index is 0.632. The largest absolute Gasteiger partial charge is 0.348 e. The molecule has 0 bridgehead atoms. The molecule has 0 unspecified atom stereocenters. The molecule has 96 valence electrons. The van der Waals surface area contributed by atoms with Crippen molar-refractivity contribution in [2.45, 2.75) is 46.1 Å². The van der Waals surface area contributed by atoms with Gasteiger partial charge in [0.2, 0.25) is 0 Å². The maximum atomic E-state index is 5.82. The third-order valence-electron chi connectivity index (χ3n) is 3.18. The van der Waals surface area contributed by atoms with Crippen molar-refractivity contribution in [2.24, 2.45) is 11.7 Å². The fourth-order valence-electron chi connectivity index (χ4n) is 2.30. The molecule has 0 aliphatic carbocycles. The molecule has 2 heterocycles. The van der Waals surface area contributed by atoms with Crippen molar-refractivity contribution in [3.05, 3.63) is 10.6 Å². The number of aromatic nitrogens is 1. The lowest BCUT2D eigenvalue weighted by Gasteiger charge is -2.25. The minimum Gasteiger partial charge on any atom is -0.348 e. The van der Waals surface area contributed by atoms with Crippen molar-refractivity contribution in [1.82, 2.24) is 4.98 Å². The predicted molar refractivity (Wildman–Crippen MR) is 74.6 cm³/mol. The topological polar surface area (TPSA) is 42.2 Å². The van der Waals surface area contributed by atoms with Gasteiger partial charge in [0.15, 0.2) is 5.13 Å². The van der Waals surface area contributed by atoms with Crippen LogP contribution in [0.15, 0.2) is 0 Å². The van der Waals surface area contributed by atoms with Gasteiger partial charge in [0, 0.05) is 24.5 Å². The highest BCUT2D eigenvalue weighted by atomic mass is 32.1. The molecule has 2 N–H and O–H groups in total. The Balaban J connectivity index is 2.14. The number of thiazole rings is 1. The Morgan fingerprint density at radius 1 is 1.29 bits per heavy atom. The van der Waals surface area contributed by atoms with Crippen LogP contribution in [0, 0.1) is 5.92 Å². The van der Waals surface area contributed by atoms with E-state index in [2.05, 4.69) is 18.7 Å². The van der Waals surface area contributed by atoms with Crippen LogP contribution in [0.5, 0.6) is 0 Å². The summed E-state index contributed by atoms with van der Waals surface area (Å²) < 4.78 is 0. The van der Waals surface area contributed by atoms with E-state index in [1.165, 1.54) is 48.1 Å². The van der Waals surface area contributed by atoms with Crippen LogP contribution in [0.25, 0.3) is 0 Å². The van der Waals surface area contributed by atoms with Crippen molar-refractivity contribution >= 4 is 16.5 Å². The lowest BCUT2D eigenvalue weighted by Crippen LogP contribution is -2.29. The van der Waals surface area contributed by atoms with Gasteiger partial charge in [-0.25, -0.2) is 4.98 Å². The van der Waals surface area contributed by atoms with Gasteiger partial charge >= 0.3 is 0 Å². The molecule has 1 saturated heterocycles. The van der Waals surface area contributed by atoms with E-state index in [1.54, 1.807) is 11.3 Å². The smallest absolute Gasteiger partial charge is 0.185 e. The summed E-state index contributed by atoms with van der Waals surface area (Å²) >= 11 is 1.80. The molecular weight excluding hydrogens is 230 g/mol. The molecule has 0 saturated carbocycles. The van der Waals surface area contributed by atoms with Crippen LogP contribution in [0.4, 0.5) is 5.13 Å². The van der Waals surface area contributed by atoms with Gasteiger partial charge < -0.3 is 10.6 Å². The minimum atomic E-state index is 0.632. The third kappa shape index (κ3) is 3.19. The number of rotatable bonds is 4. The molecule has 1 aromatic rings. The van der Waals surface area contributed by atoms with E-state index >= 15 is 0 Å². The molecule has 17 heavy (non-hydrogen) atoms. The van der Waals surface area contributed by atoms with Crippen molar-refractivity contribution < 1.29 is 0 Å². The standard InChI is InChI=1S/C13H23N3S/c1-10(2)8-11-12(9-14)17-13(15-11)16-6-4-3-5-7-16/h10H,3-9,14H2,1-2H3. The number of hydrogen-bond acceptors (Lipinski definition) is 4. The van der Waals surface area contributed by atoms with Crippen molar-refractivity contribution in [3.8, 4) is 0 Å². The second kappa shape index (κ2) is 5.83. The van der Waals surface area contributed by atoms with E-state index in [1.807, 2.05) is 0 Å². The van der Waals surface area contributed by atoms with Crippen LogP contribution < -0.4 is 10.6 Å². The average molecular weight is 253 g/mol. The molecule has 0 atom stereocenters. The van der Waals surface area contributed by atoms with Crippen LogP contribution >= 0.6 is 11.3 Å². The second-order valence-electron chi connectivity index (χ2n) is 5.22. The maximum absolute atomic E-state index is 5.82. The first-order valence-electron chi connectivity index (χ1n) is 6.64. The lowest BCUT2D eigenvalue weighted by atomic mass is 10.1. The van der Waals surface area contributed by atoms with Gasteiger partial charge in [-0.1, -0.05) is 13.8 Å². The van der Waals surface area contributed by atoms with E-state index < -0.39 is 0 Å². The zero-order valence-corrected chi connectivity index (χ0v) is 11.7. The van der Waals surface area contributed by atoms with Gasteiger partial charge in [-0.3, -0.25) is 0 Å². The van der Waals surface area contributed by atoms with Crippen LogP contribution in [0.3, 0.4) is 0 Å². The Morgan fingerprint density at radius 3 is 2.59 bits per heavy atom. The summed E-state index contributed by atoms with van der Waals surface area (Å²) in [5.74, 6) is 0.650. The molecule has 1 aliphatic heterocycles. The summed E-state index contributed by atoms with van der Waals surface area (Å²) in [7, 11) is 0. The van der Waals surface area contributed by atoms with E-state index in [9.17, 15) is 0 Å². The summed E-state index contributed by atoms with van der Waals surface area (Å²) in [4.78, 5) is 8.51. The highest BCUT2D eigenvalue weighted by Crippen LogP contribution is 2.29. The Kier molecular flexibility index (Phi) is 4.40. The fourth-order valence-corrected chi connectivity index (χ4v) is 3.31. The van der Waals surface area contributed by atoms with E-state index in [0.717, 1.165) is 6.42 Å². The molecule has 0 radical (unpaired) electrons. The van der Waals surface area contributed by atoms with Crippen molar-refractivity contribution in [3.63, 3.8) is 0 Å². The van der Waals surface area contributed by atoms with E-state index in [4.69, 9.17) is 10.7 Å². The molecule has 0 aromatic carbocycles. The summed E-state index contributed by atoms with van der Waals surface area (Å²) in [6.07, 6.45) is 5.02. The molecular formula is C13H23N3S.